The van der Waals surface area contributed by atoms with Gasteiger partial charge < -0.3 is 10.5 Å². The van der Waals surface area contributed by atoms with Crippen LogP contribution in [0.2, 0.25) is 0 Å². The summed E-state index contributed by atoms with van der Waals surface area (Å²) in [5.74, 6) is 1.64. The maximum atomic E-state index is 5.84. The van der Waals surface area contributed by atoms with E-state index in [1.165, 1.54) is 24.0 Å². The molecule has 1 atom stereocenters. The third-order valence-corrected chi connectivity index (χ3v) is 3.53. The SMILES string of the molecule is CC(N)c1ccc(Oc2ccc3c(c2)CCC3)cn1. The van der Waals surface area contributed by atoms with Crippen LogP contribution in [0.3, 0.4) is 0 Å². The first-order valence-electron chi connectivity index (χ1n) is 6.73. The fourth-order valence-electron chi connectivity index (χ4n) is 2.47. The van der Waals surface area contributed by atoms with Crippen molar-refractivity contribution >= 4 is 0 Å². The predicted molar refractivity (Wildman–Crippen MR) is 75.4 cm³/mol. The fraction of sp³-hybridized carbons (Fsp3) is 0.312. The summed E-state index contributed by atoms with van der Waals surface area (Å²) >= 11 is 0. The number of nitrogens with zero attached hydrogens (tertiary/aromatic N) is 1. The molecule has 0 fully saturated rings. The summed E-state index contributed by atoms with van der Waals surface area (Å²) in [4.78, 5) is 4.30. The van der Waals surface area contributed by atoms with E-state index in [0.29, 0.717) is 0 Å². The van der Waals surface area contributed by atoms with Gasteiger partial charge in [-0.15, -0.1) is 0 Å². The summed E-state index contributed by atoms with van der Waals surface area (Å²) in [6.07, 6.45) is 5.34. The number of ether oxygens (including phenoxy) is 1. The Kier molecular flexibility index (Phi) is 3.22. The fourth-order valence-corrected chi connectivity index (χ4v) is 2.47. The van der Waals surface area contributed by atoms with Gasteiger partial charge in [-0.3, -0.25) is 4.98 Å². The van der Waals surface area contributed by atoms with Crippen LogP contribution in [-0.2, 0) is 12.8 Å². The van der Waals surface area contributed by atoms with E-state index >= 15 is 0 Å². The van der Waals surface area contributed by atoms with Crippen molar-refractivity contribution in [3.63, 3.8) is 0 Å². The molecule has 0 radical (unpaired) electrons. The van der Waals surface area contributed by atoms with Gasteiger partial charge in [0.1, 0.15) is 11.5 Å². The first kappa shape index (κ1) is 12.2. The van der Waals surface area contributed by atoms with Crippen molar-refractivity contribution in [2.45, 2.75) is 32.2 Å². The molecule has 3 rings (SSSR count). The molecule has 2 aromatic rings. The van der Waals surface area contributed by atoms with E-state index in [2.05, 4.69) is 17.1 Å². The number of aromatic nitrogens is 1. The average molecular weight is 254 g/mol. The maximum Gasteiger partial charge on any atom is 0.145 e. The Bertz CT molecular complexity index is 576. The van der Waals surface area contributed by atoms with Crippen LogP contribution in [0.4, 0.5) is 0 Å². The van der Waals surface area contributed by atoms with E-state index in [0.717, 1.165) is 23.6 Å². The second-order valence-electron chi connectivity index (χ2n) is 5.09. The lowest BCUT2D eigenvalue weighted by Crippen LogP contribution is -2.06. The van der Waals surface area contributed by atoms with Gasteiger partial charge in [-0.05, 0) is 61.6 Å². The van der Waals surface area contributed by atoms with Crippen LogP contribution < -0.4 is 10.5 Å². The molecule has 98 valence electrons. The smallest absolute Gasteiger partial charge is 0.145 e. The van der Waals surface area contributed by atoms with Crippen LogP contribution in [0.5, 0.6) is 11.5 Å². The second kappa shape index (κ2) is 5.02. The number of nitrogens with two attached hydrogens (primary N) is 1. The molecule has 0 bridgehead atoms. The topological polar surface area (TPSA) is 48.1 Å². The monoisotopic (exact) mass is 254 g/mol. The lowest BCUT2D eigenvalue weighted by atomic mass is 10.1. The molecule has 1 aromatic carbocycles. The molecule has 0 saturated carbocycles. The minimum absolute atomic E-state index is 0.0472. The minimum atomic E-state index is -0.0472. The highest BCUT2D eigenvalue weighted by Crippen LogP contribution is 2.28. The molecule has 0 spiro atoms. The maximum absolute atomic E-state index is 5.84. The van der Waals surface area contributed by atoms with Crippen LogP contribution in [-0.4, -0.2) is 4.98 Å². The van der Waals surface area contributed by atoms with Gasteiger partial charge >= 0.3 is 0 Å². The van der Waals surface area contributed by atoms with E-state index < -0.39 is 0 Å². The molecule has 3 heteroatoms. The van der Waals surface area contributed by atoms with E-state index in [9.17, 15) is 0 Å². The number of hydrogen-bond acceptors (Lipinski definition) is 3. The van der Waals surface area contributed by atoms with E-state index in [1.54, 1.807) is 6.20 Å². The van der Waals surface area contributed by atoms with Crippen LogP contribution in [0.1, 0.15) is 36.2 Å². The van der Waals surface area contributed by atoms with Crippen molar-refractivity contribution < 1.29 is 4.74 Å². The van der Waals surface area contributed by atoms with Gasteiger partial charge in [-0.1, -0.05) is 6.07 Å². The van der Waals surface area contributed by atoms with Crippen molar-refractivity contribution in [1.29, 1.82) is 0 Å². The van der Waals surface area contributed by atoms with Crippen molar-refractivity contribution in [3.8, 4) is 11.5 Å². The number of hydrogen-bond donors (Lipinski definition) is 1. The van der Waals surface area contributed by atoms with Crippen LogP contribution in [0.25, 0.3) is 0 Å². The first-order chi connectivity index (χ1) is 9.22. The predicted octanol–water partition coefficient (Wildman–Crippen LogP) is 3.38. The number of rotatable bonds is 3. The lowest BCUT2D eigenvalue weighted by molar-refractivity contribution is 0.478. The Balaban J connectivity index is 1.77. The Morgan fingerprint density at radius 2 is 1.89 bits per heavy atom. The normalized spacial score (nSPS) is 15.1. The third-order valence-electron chi connectivity index (χ3n) is 3.53. The Hall–Kier alpha value is -1.87. The van der Waals surface area contributed by atoms with Crippen molar-refractivity contribution in [2.24, 2.45) is 5.73 Å². The van der Waals surface area contributed by atoms with Gasteiger partial charge in [0.2, 0.25) is 0 Å². The van der Waals surface area contributed by atoms with E-state index in [-0.39, 0.29) is 6.04 Å². The Morgan fingerprint density at radius 1 is 1.11 bits per heavy atom. The molecule has 2 N–H and O–H groups in total. The van der Waals surface area contributed by atoms with Crippen LogP contribution in [0, 0.1) is 0 Å². The van der Waals surface area contributed by atoms with Gasteiger partial charge in [-0.25, -0.2) is 0 Å². The molecule has 1 aliphatic rings. The molecule has 1 heterocycles. The molecular weight excluding hydrogens is 236 g/mol. The quantitative estimate of drug-likeness (QED) is 0.913. The molecule has 1 aliphatic carbocycles. The summed E-state index contributed by atoms with van der Waals surface area (Å²) in [6, 6.07) is 10.1. The molecule has 0 amide bonds. The zero-order chi connectivity index (χ0) is 13.2. The number of aryl methyl sites for hydroxylation is 2. The largest absolute Gasteiger partial charge is 0.456 e. The molecule has 1 unspecified atom stereocenters. The zero-order valence-corrected chi connectivity index (χ0v) is 11.1. The van der Waals surface area contributed by atoms with Gasteiger partial charge in [0.05, 0.1) is 11.9 Å². The summed E-state index contributed by atoms with van der Waals surface area (Å²) in [5.41, 5.74) is 9.52. The average Bonchev–Trinajstić information content (AvgIpc) is 2.87. The number of pyridine rings is 1. The molecule has 0 saturated heterocycles. The Morgan fingerprint density at radius 3 is 2.63 bits per heavy atom. The molecule has 3 nitrogen and oxygen atoms in total. The lowest BCUT2D eigenvalue weighted by Gasteiger charge is -2.09. The zero-order valence-electron chi connectivity index (χ0n) is 11.1. The third kappa shape index (κ3) is 2.61. The first-order valence-corrected chi connectivity index (χ1v) is 6.73. The summed E-state index contributed by atoms with van der Waals surface area (Å²) < 4.78 is 5.84. The molecule has 0 aliphatic heterocycles. The van der Waals surface area contributed by atoms with Crippen LogP contribution in [0.15, 0.2) is 36.5 Å². The minimum Gasteiger partial charge on any atom is -0.456 e. The van der Waals surface area contributed by atoms with Crippen LogP contribution >= 0.6 is 0 Å². The number of benzene rings is 1. The molecule has 1 aromatic heterocycles. The highest BCUT2D eigenvalue weighted by molar-refractivity contribution is 5.40. The second-order valence-corrected chi connectivity index (χ2v) is 5.09. The van der Waals surface area contributed by atoms with Crippen molar-refractivity contribution in [2.75, 3.05) is 0 Å². The summed E-state index contributed by atoms with van der Waals surface area (Å²) in [5, 5.41) is 0. The number of fused-ring (bicyclic) bond motifs is 1. The van der Waals surface area contributed by atoms with E-state index in [1.807, 2.05) is 25.1 Å². The van der Waals surface area contributed by atoms with Crippen molar-refractivity contribution in [1.82, 2.24) is 4.98 Å². The molecular formula is C16H18N2O. The summed E-state index contributed by atoms with van der Waals surface area (Å²) in [7, 11) is 0. The molecule has 19 heavy (non-hydrogen) atoms. The highest BCUT2D eigenvalue weighted by Gasteiger charge is 2.11. The standard InChI is InChI=1S/C16H18N2O/c1-11(17)16-8-7-15(10-18-16)19-14-6-5-12-3-2-4-13(12)9-14/h5-11H,2-4,17H2,1H3. The summed E-state index contributed by atoms with van der Waals surface area (Å²) in [6.45, 7) is 1.92. The van der Waals surface area contributed by atoms with Gasteiger partial charge in [0.15, 0.2) is 0 Å². The van der Waals surface area contributed by atoms with Crippen molar-refractivity contribution in [3.05, 3.63) is 53.3 Å². The van der Waals surface area contributed by atoms with Gasteiger partial charge in [0.25, 0.3) is 0 Å². The van der Waals surface area contributed by atoms with Gasteiger partial charge in [0, 0.05) is 6.04 Å². The highest BCUT2D eigenvalue weighted by atomic mass is 16.5. The Labute approximate surface area is 113 Å². The van der Waals surface area contributed by atoms with E-state index in [4.69, 9.17) is 10.5 Å². The van der Waals surface area contributed by atoms with Gasteiger partial charge in [-0.2, -0.15) is 0 Å².